The number of hydrogen-bond acceptors (Lipinski definition) is 11. The van der Waals surface area contributed by atoms with Crippen molar-refractivity contribution < 1.29 is 49.1 Å². The third-order valence-corrected chi connectivity index (χ3v) is 8.56. The zero-order valence-electron chi connectivity index (χ0n) is 22.3. The maximum atomic E-state index is 15.4. The maximum Gasteiger partial charge on any atom is 0.255 e. The Bertz CT molecular complexity index is 1450. The van der Waals surface area contributed by atoms with E-state index in [9.17, 15) is 44.7 Å². The maximum absolute atomic E-state index is 15.4. The Morgan fingerprint density at radius 2 is 1.93 bits per heavy atom. The highest BCUT2D eigenvalue weighted by Crippen LogP contribution is 2.53. The van der Waals surface area contributed by atoms with Gasteiger partial charge in [-0.3, -0.25) is 29.0 Å². The normalized spacial score (nSPS) is 29.9. The lowest BCUT2D eigenvalue weighted by Crippen LogP contribution is -2.63. The minimum atomic E-state index is -2.81. The van der Waals surface area contributed by atoms with Crippen molar-refractivity contribution in [2.75, 3.05) is 39.0 Å². The Balaban J connectivity index is 1.56. The molecule has 1 aromatic rings. The number of likely N-dealkylation sites (N-methyl/N-ethyl adjacent to an activating group) is 1. The number of β-amino-alcohol motifs (C(OH)–C–C–N with tert-alkyl or cyclic N) is 1. The first-order valence-electron chi connectivity index (χ1n) is 13.1. The molecule has 220 valence electrons. The number of carbonyl (C=O) groups is 4. The zero-order chi connectivity index (χ0) is 30.1. The van der Waals surface area contributed by atoms with Gasteiger partial charge in [-0.2, -0.15) is 0 Å². The number of benzene rings is 1. The van der Waals surface area contributed by atoms with E-state index in [-0.39, 0.29) is 31.5 Å². The van der Waals surface area contributed by atoms with E-state index in [0.29, 0.717) is 13.0 Å². The summed E-state index contributed by atoms with van der Waals surface area (Å²) in [5.74, 6) is -9.99. The number of ketones is 2. The second kappa shape index (κ2) is 9.91. The third kappa shape index (κ3) is 4.29. The van der Waals surface area contributed by atoms with E-state index in [1.165, 1.54) is 19.0 Å². The van der Waals surface area contributed by atoms with E-state index < -0.39 is 98.4 Å². The van der Waals surface area contributed by atoms with E-state index in [1.54, 1.807) is 4.90 Å². The first-order chi connectivity index (χ1) is 19.2. The zero-order valence-corrected chi connectivity index (χ0v) is 22.3. The summed E-state index contributed by atoms with van der Waals surface area (Å²) in [6, 6.07) is -0.278. The fraction of sp³-hybridized carbons (Fsp3) is 0.481. The Morgan fingerprint density at radius 1 is 1.24 bits per heavy atom. The summed E-state index contributed by atoms with van der Waals surface area (Å²) in [6.45, 7) is 0.588. The van der Waals surface area contributed by atoms with Crippen LogP contribution in [0.4, 0.5) is 10.1 Å². The van der Waals surface area contributed by atoms with Crippen molar-refractivity contribution in [3.63, 3.8) is 0 Å². The van der Waals surface area contributed by atoms with Crippen LogP contribution in [0.3, 0.4) is 0 Å². The van der Waals surface area contributed by atoms with Gasteiger partial charge in [0.05, 0.1) is 29.9 Å². The molecule has 41 heavy (non-hydrogen) atoms. The number of amides is 2. The number of phenolic OH excluding ortho intramolecular Hbond substituents is 1. The van der Waals surface area contributed by atoms with Crippen molar-refractivity contribution in [3.05, 3.63) is 45.7 Å². The highest BCUT2D eigenvalue weighted by molar-refractivity contribution is 6.25. The molecule has 0 unspecified atom stereocenters. The number of aliphatic hydroxyl groups excluding tert-OH is 3. The molecule has 1 aliphatic heterocycles. The number of halogens is 1. The van der Waals surface area contributed by atoms with E-state index >= 15 is 4.39 Å². The number of likely N-dealkylation sites (tertiary alicyclic amines) is 1. The Morgan fingerprint density at radius 3 is 2.51 bits per heavy atom. The van der Waals surface area contributed by atoms with Crippen LogP contribution >= 0.6 is 0 Å². The number of anilines is 1. The molecular formula is C27H31FN4O9. The number of nitrogens with two attached hydrogens (primary N) is 1. The molecule has 0 spiro atoms. The molecule has 3 aliphatic carbocycles. The van der Waals surface area contributed by atoms with Gasteiger partial charge in [-0.25, -0.2) is 4.39 Å². The van der Waals surface area contributed by atoms with Gasteiger partial charge < -0.3 is 36.6 Å². The average Bonchev–Trinajstić information content (AvgIpc) is 3.28. The highest BCUT2D eigenvalue weighted by Gasteiger charge is 2.63. The van der Waals surface area contributed by atoms with Crippen molar-refractivity contribution in [2.45, 2.75) is 37.0 Å². The molecule has 1 fully saturated rings. The summed E-state index contributed by atoms with van der Waals surface area (Å²) in [7, 11) is 3.01. The van der Waals surface area contributed by atoms with Crippen LogP contribution in [0, 0.1) is 17.7 Å². The Labute approximate surface area is 233 Å². The molecule has 1 saturated heterocycles. The molecule has 5 rings (SSSR count). The van der Waals surface area contributed by atoms with Gasteiger partial charge in [0, 0.05) is 36.2 Å². The minimum Gasteiger partial charge on any atom is -0.510 e. The molecule has 1 heterocycles. The van der Waals surface area contributed by atoms with Gasteiger partial charge in [-0.1, -0.05) is 0 Å². The molecule has 13 nitrogen and oxygen atoms in total. The molecule has 8 N–H and O–H groups in total. The SMILES string of the molecule is CN(C)[C@@H]1C(O)=C(C(N)=O)C(=O)[C@@]2(O)C(O)=C3C(=O)c4c(O)c(NC(=O)CN5CC[C@H](O)C5)cc(F)c4C[C@H]3C[C@@H]12. The van der Waals surface area contributed by atoms with Gasteiger partial charge in [0.25, 0.3) is 5.91 Å². The fourth-order valence-electron chi connectivity index (χ4n) is 6.72. The minimum absolute atomic E-state index is 0.150. The van der Waals surface area contributed by atoms with Crippen LogP contribution in [0.15, 0.2) is 28.7 Å². The number of allylic oxidation sites excluding steroid dienone is 1. The van der Waals surface area contributed by atoms with E-state index in [4.69, 9.17) is 5.73 Å². The van der Waals surface area contributed by atoms with Crippen molar-refractivity contribution in [1.29, 1.82) is 0 Å². The van der Waals surface area contributed by atoms with Crippen molar-refractivity contribution >= 4 is 29.1 Å². The summed E-state index contributed by atoms with van der Waals surface area (Å²) in [5.41, 5.74) is 0.0192. The predicted molar refractivity (Wildman–Crippen MR) is 139 cm³/mol. The number of fused-ring (bicyclic) bond motifs is 3. The molecule has 1 aromatic carbocycles. The van der Waals surface area contributed by atoms with Gasteiger partial charge in [0.15, 0.2) is 17.1 Å². The smallest absolute Gasteiger partial charge is 0.255 e. The predicted octanol–water partition coefficient (Wildman–Crippen LogP) is -0.735. The monoisotopic (exact) mass is 574 g/mol. The number of carbonyl (C=O) groups excluding carboxylic acids is 4. The highest BCUT2D eigenvalue weighted by atomic mass is 19.1. The number of phenols is 1. The largest absolute Gasteiger partial charge is 0.510 e. The van der Waals surface area contributed by atoms with Crippen LogP contribution in [-0.2, 0) is 20.8 Å². The van der Waals surface area contributed by atoms with Crippen molar-refractivity contribution in [1.82, 2.24) is 9.80 Å². The molecule has 14 heteroatoms. The molecule has 0 radical (unpaired) electrons. The van der Waals surface area contributed by atoms with Gasteiger partial charge in [-0.05, 0) is 39.3 Å². The first-order valence-corrected chi connectivity index (χ1v) is 13.1. The van der Waals surface area contributed by atoms with E-state index in [1.807, 2.05) is 0 Å². The van der Waals surface area contributed by atoms with Gasteiger partial charge in [-0.15, -0.1) is 0 Å². The Hall–Kier alpha value is -3.85. The fourth-order valence-corrected chi connectivity index (χ4v) is 6.72. The number of aromatic hydroxyl groups is 1. The molecular weight excluding hydrogens is 543 g/mol. The number of nitrogens with zero attached hydrogens (tertiary/aromatic N) is 2. The molecule has 0 saturated carbocycles. The molecule has 4 aliphatic rings. The topological polar surface area (TPSA) is 214 Å². The van der Waals surface area contributed by atoms with Crippen molar-refractivity contribution in [3.8, 4) is 5.75 Å². The summed E-state index contributed by atoms with van der Waals surface area (Å²) in [5, 5.41) is 56.7. The number of hydrogen-bond donors (Lipinski definition) is 7. The molecule has 0 bridgehead atoms. The standard InChI is InChI=1S/C27H31FN4O9/c1-31(2)20-13-6-10-5-12-14(28)7-15(30-16(34)9-32-4-3-11(33)8-32)21(35)18(12)22(36)17(10)24(38)27(13,41)25(39)19(23(20)37)26(29)40/h7,10-11,13,20,33,35,37-38,41H,3-6,8-9H2,1-2H3,(H2,29,40)(H,30,34)/t10-,11-,13-,20-,27-/m0/s1. The second-order valence-corrected chi connectivity index (χ2v) is 11.3. The summed E-state index contributed by atoms with van der Waals surface area (Å²) in [4.78, 5) is 54.8. The number of aliphatic hydroxyl groups is 4. The molecule has 0 aromatic heterocycles. The van der Waals surface area contributed by atoms with E-state index in [2.05, 4.69) is 5.32 Å². The third-order valence-electron chi connectivity index (χ3n) is 8.56. The second-order valence-electron chi connectivity index (χ2n) is 11.3. The van der Waals surface area contributed by atoms with Crippen LogP contribution in [0.25, 0.3) is 0 Å². The molecule has 2 amide bonds. The lowest BCUT2D eigenvalue weighted by molar-refractivity contribution is -0.148. The van der Waals surface area contributed by atoms with Crippen LogP contribution < -0.4 is 11.1 Å². The summed E-state index contributed by atoms with van der Waals surface area (Å²) < 4.78 is 15.4. The van der Waals surface area contributed by atoms with Crippen LogP contribution in [-0.4, -0.2) is 110 Å². The average molecular weight is 575 g/mol. The van der Waals surface area contributed by atoms with Crippen LogP contribution in [0.5, 0.6) is 5.75 Å². The van der Waals surface area contributed by atoms with Gasteiger partial charge >= 0.3 is 0 Å². The van der Waals surface area contributed by atoms with Crippen LogP contribution in [0.1, 0.15) is 28.8 Å². The summed E-state index contributed by atoms with van der Waals surface area (Å²) in [6.07, 6.45) is -0.474. The van der Waals surface area contributed by atoms with Gasteiger partial charge in [0.1, 0.15) is 22.9 Å². The molecule has 5 atom stereocenters. The first kappa shape index (κ1) is 28.7. The Kier molecular flexibility index (Phi) is 6.93. The number of nitrogens with one attached hydrogen (secondary N) is 1. The van der Waals surface area contributed by atoms with Crippen molar-refractivity contribution in [2.24, 2.45) is 17.6 Å². The lowest BCUT2D eigenvalue weighted by Gasteiger charge is -2.50. The summed E-state index contributed by atoms with van der Waals surface area (Å²) >= 11 is 0. The number of rotatable bonds is 5. The number of primary amides is 1. The van der Waals surface area contributed by atoms with Gasteiger partial charge in [0.2, 0.25) is 11.7 Å². The lowest BCUT2D eigenvalue weighted by atomic mass is 9.58. The quantitative estimate of drug-likeness (QED) is 0.172. The number of Topliss-reactive ketones (excluding diaryl/α,β-unsaturated/α-hetero) is 2. The van der Waals surface area contributed by atoms with E-state index in [0.717, 1.165) is 6.07 Å². The van der Waals surface area contributed by atoms with Crippen LogP contribution in [0.2, 0.25) is 0 Å².